The molecule has 2 N–H and O–H groups in total. The zero-order chi connectivity index (χ0) is 21.8. The third-order valence-electron chi connectivity index (χ3n) is 3.99. The fourth-order valence-electron chi connectivity index (χ4n) is 2.49. The molecular formula is C22H14F2O6. The minimum atomic E-state index is -0.927. The van der Waals surface area contributed by atoms with Gasteiger partial charge in [0.15, 0.2) is 23.0 Å². The van der Waals surface area contributed by atoms with Gasteiger partial charge in [-0.05, 0) is 48.5 Å². The molecule has 0 aliphatic heterocycles. The summed E-state index contributed by atoms with van der Waals surface area (Å²) in [5, 5.41) is 20.6. The molecule has 3 aromatic rings. The number of phenols is 2. The van der Waals surface area contributed by atoms with E-state index in [4.69, 9.17) is 9.47 Å². The molecule has 0 bridgehead atoms. The number of phenolic OH excluding ortho intramolecular Hbond substituents is 2. The summed E-state index contributed by atoms with van der Waals surface area (Å²) in [5.74, 6) is -5.06. The highest BCUT2D eigenvalue weighted by Gasteiger charge is 2.23. The summed E-state index contributed by atoms with van der Waals surface area (Å²) in [6.07, 6.45) is 1.08. The first-order valence-electron chi connectivity index (χ1n) is 8.47. The molecule has 3 rings (SSSR count). The van der Waals surface area contributed by atoms with Gasteiger partial charge in [-0.3, -0.25) is 0 Å². The molecule has 8 heteroatoms. The number of ether oxygens (including phenoxy) is 2. The van der Waals surface area contributed by atoms with Crippen molar-refractivity contribution in [2.75, 3.05) is 0 Å². The molecule has 0 saturated carbocycles. The van der Waals surface area contributed by atoms with Crippen molar-refractivity contribution in [2.45, 2.75) is 0 Å². The van der Waals surface area contributed by atoms with E-state index in [2.05, 4.69) is 6.58 Å². The number of carbonyl (C=O) groups is 2. The molecule has 0 unspecified atom stereocenters. The quantitative estimate of drug-likeness (QED) is 0.365. The lowest BCUT2D eigenvalue weighted by atomic mass is 10.1. The van der Waals surface area contributed by atoms with E-state index < -0.39 is 46.6 Å². The second-order valence-corrected chi connectivity index (χ2v) is 5.98. The second-order valence-electron chi connectivity index (χ2n) is 5.98. The number of esters is 2. The average Bonchev–Trinajstić information content (AvgIpc) is 2.72. The van der Waals surface area contributed by atoms with Crippen LogP contribution in [0, 0.1) is 11.6 Å². The lowest BCUT2D eigenvalue weighted by Crippen LogP contribution is -2.11. The normalized spacial score (nSPS) is 10.3. The van der Waals surface area contributed by atoms with Crippen molar-refractivity contribution < 1.29 is 38.1 Å². The largest absolute Gasteiger partial charge is 0.504 e. The van der Waals surface area contributed by atoms with Crippen LogP contribution in [0.4, 0.5) is 8.78 Å². The first-order chi connectivity index (χ1) is 14.3. The van der Waals surface area contributed by atoms with Gasteiger partial charge < -0.3 is 19.7 Å². The van der Waals surface area contributed by atoms with Crippen molar-refractivity contribution in [3.05, 3.63) is 89.5 Å². The Morgan fingerprint density at radius 3 is 1.77 bits per heavy atom. The van der Waals surface area contributed by atoms with Crippen LogP contribution < -0.4 is 9.47 Å². The summed E-state index contributed by atoms with van der Waals surface area (Å²) >= 11 is 0. The smallest absolute Gasteiger partial charge is 0.343 e. The first-order valence-corrected chi connectivity index (χ1v) is 8.47. The number of hydrogen-bond donors (Lipinski definition) is 2. The SMILES string of the molecule is C=Cc1c(O)c(OC(=O)c2ccc(F)cc2)cc(O)c1OC(=O)c1ccc(F)cc1. The van der Waals surface area contributed by atoms with Crippen LogP contribution in [-0.2, 0) is 0 Å². The van der Waals surface area contributed by atoms with Crippen LogP contribution in [0.2, 0.25) is 0 Å². The minimum absolute atomic E-state index is 0.00209. The van der Waals surface area contributed by atoms with Gasteiger partial charge in [-0.1, -0.05) is 12.7 Å². The highest BCUT2D eigenvalue weighted by Crippen LogP contribution is 2.44. The molecule has 0 fully saturated rings. The van der Waals surface area contributed by atoms with Gasteiger partial charge in [0.25, 0.3) is 0 Å². The van der Waals surface area contributed by atoms with Crippen LogP contribution in [0.5, 0.6) is 23.0 Å². The lowest BCUT2D eigenvalue weighted by molar-refractivity contribution is 0.0711. The summed E-state index contributed by atoms with van der Waals surface area (Å²) in [6.45, 7) is 3.48. The van der Waals surface area contributed by atoms with Crippen LogP contribution in [0.25, 0.3) is 6.08 Å². The highest BCUT2D eigenvalue weighted by atomic mass is 19.1. The molecule has 0 atom stereocenters. The van der Waals surface area contributed by atoms with Crippen LogP contribution in [0.1, 0.15) is 26.3 Å². The van der Waals surface area contributed by atoms with Crippen molar-refractivity contribution >= 4 is 18.0 Å². The summed E-state index contributed by atoms with van der Waals surface area (Å²) in [7, 11) is 0. The number of hydrogen-bond acceptors (Lipinski definition) is 6. The molecule has 0 radical (unpaired) electrons. The average molecular weight is 412 g/mol. The Kier molecular flexibility index (Phi) is 5.78. The van der Waals surface area contributed by atoms with E-state index in [1.807, 2.05) is 0 Å². The topological polar surface area (TPSA) is 93.1 Å². The number of aromatic hydroxyl groups is 2. The molecule has 0 aliphatic rings. The third kappa shape index (κ3) is 4.27. The van der Waals surface area contributed by atoms with E-state index in [1.54, 1.807) is 0 Å². The Morgan fingerprint density at radius 2 is 1.30 bits per heavy atom. The molecule has 0 aromatic heterocycles. The number of rotatable bonds is 5. The fourth-order valence-corrected chi connectivity index (χ4v) is 2.49. The molecular weight excluding hydrogens is 398 g/mol. The molecule has 0 aliphatic carbocycles. The van der Waals surface area contributed by atoms with E-state index >= 15 is 0 Å². The second kappa shape index (κ2) is 8.44. The maximum Gasteiger partial charge on any atom is 0.343 e. The molecule has 6 nitrogen and oxygen atoms in total. The Balaban J connectivity index is 1.90. The van der Waals surface area contributed by atoms with E-state index in [-0.39, 0.29) is 16.7 Å². The van der Waals surface area contributed by atoms with Gasteiger partial charge in [0.1, 0.15) is 11.6 Å². The van der Waals surface area contributed by atoms with E-state index in [9.17, 15) is 28.6 Å². The first kappa shape index (κ1) is 20.5. The Labute approximate surface area is 169 Å². The minimum Gasteiger partial charge on any atom is -0.504 e. The molecule has 30 heavy (non-hydrogen) atoms. The van der Waals surface area contributed by atoms with Crippen LogP contribution in [-0.4, -0.2) is 22.2 Å². The van der Waals surface area contributed by atoms with Crippen molar-refractivity contribution in [1.29, 1.82) is 0 Å². The van der Waals surface area contributed by atoms with Crippen molar-refractivity contribution in [3.63, 3.8) is 0 Å². The lowest BCUT2D eigenvalue weighted by Gasteiger charge is -2.14. The Hall–Kier alpha value is -4.20. The van der Waals surface area contributed by atoms with E-state index in [0.29, 0.717) is 0 Å². The van der Waals surface area contributed by atoms with Gasteiger partial charge in [-0.25, -0.2) is 18.4 Å². The van der Waals surface area contributed by atoms with Crippen LogP contribution in [0.3, 0.4) is 0 Å². The maximum atomic E-state index is 13.0. The molecule has 0 amide bonds. The molecule has 0 heterocycles. The zero-order valence-electron chi connectivity index (χ0n) is 15.3. The van der Waals surface area contributed by atoms with Crippen molar-refractivity contribution in [2.24, 2.45) is 0 Å². The van der Waals surface area contributed by atoms with Crippen LogP contribution >= 0.6 is 0 Å². The molecule has 0 spiro atoms. The van der Waals surface area contributed by atoms with Crippen LogP contribution in [0.15, 0.2) is 61.2 Å². The van der Waals surface area contributed by atoms with Crippen molar-refractivity contribution in [1.82, 2.24) is 0 Å². The summed E-state index contributed by atoms with van der Waals surface area (Å²) < 4.78 is 36.2. The third-order valence-corrected chi connectivity index (χ3v) is 3.99. The van der Waals surface area contributed by atoms with Gasteiger partial charge in [-0.2, -0.15) is 0 Å². The van der Waals surface area contributed by atoms with Gasteiger partial charge in [0, 0.05) is 6.07 Å². The standard InChI is InChI=1S/C22H14F2O6/c1-2-16-19(26)18(29-21(27)12-3-7-14(23)8-4-12)11-17(25)20(16)30-22(28)13-5-9-15(24)10-6-13/h2-11,25-26H,1H2. The molecule has 0 saturated heterocycles. The molecule has 152 valence electrons. The summed E-state index contributed by atoms with van der Waals surface area (Å²) in [4.78, 5) is 24.4. The Morgan fingerprint density at radius 1 is 0.833 bits per heavy atom. The number of halogens is 2. The number of benzene rings is 3. The monoisotopic (exact) mass is 412 g/mol. The predicted octanol–water partition coefficient (Wildman–Crippen LogP) is 4.46. The Bertz CT molecular complexity index is 1120. The predicted molar refractivity (Wildman–Crippen MR) is 103 cm³/mol. The van der Waals surface area contributed by atoms with Gasteiger partial charge in [0.2, 0.25) is 0 Å². The van der Waals surface area contributed by atoms with E-state index in [0.717, 1.165) is 36.4 Å². The maximum absolute atomic E-state index is 13.0. The van der Waals surface area contributed by atoms with Gasteiger partial charge in [0.05, 0.1) is 16.7 Å². The number of carbonyl (C=O) groups excluding carboxylic acids is 2. The van der Waals surface area contributed by atoms with Gasteiger partial charge >= 0.3 is 11.9 Å². The zero-order valence-corrected chi connectivity index (χ0v) is 15.3. The summed E-state index contributed by atoms with van der Waals surface area (Å²) in [5.41, 5.74) is -0.216. The highest BCUT2D eigenvalue weighted by molar-refractivity contribution is 5.93. The summed E-state index contributed by atoms with van der Waals surface area (Å²) in [6, 6.07) is 9.82. The van der Waals surface area contributed by atoms with Gasteiger partial charge in [-0.15, -0.1) is 0 Å². The van der Waals surface area contributed by atoms with E-state index in [1.165, 1.54) is 24.3 Å². The fraction of sp³-hybridized carbons (Fsp3) is 0. The van der Waals surface area contributed by atoms with Crippen molar-refractivity contribution in [3.8, 4) is 23.0 Å². The molecule has 3 aromatic carbocycles.